The van der Waals surface area contributed by atoms with E-state index in [1.54, 1.807) is 0 Å². The Morgan fingerprint density at radius 1 is 1.57 bits per heavy atom. The van der Waals surface area contributed by atoms with Crippen LogP contribution in [0.5, 0.6) is 0 Å². The molecule has 6 nitrogen and oxygen atoms in total. The first-order valence-corrected chi connectivity index (χ1v) is 4.34. The van der Waals surface area contributed by atoms with E-state index in [2.05, 4.69) is 0 Å². The predicted molar refractivity (Wildman–Crippen MR) is 44.1 cm³/mol. The van der Waals surface area contributed by atoms with Crippen LogP contribution >= 0.6 is 0 Å². The number of aliphatic hydroxyl groups excluding tert-OH is 3. The summed E-state index contributed by atoms with van der Waals surface area (Å²) in [4.78, 5) is 10.6. The third kappa shape index (κ3) is 2.65. The zero-order valence-electron chi connectivity index (χ0n) is 7.79. The van der Waals surface area contributed by atoms with Crippen molar-refractivity contribution in [1.29, 1.82) is 0 Å². The fourth-order valence-corrected chi connectivity index (χ4v) is 1.40. The zero-order chi connectivity index (χ0) is 10.7. The highest BCUT2D eigenvalue weighted by molar-refractivity contribution is 5.66. The number of hydrogen-bond acceptors (Lipinski definition) is 6. The van der Waals surface area contributed by atoms with Gasteiger partial charge >= 0.3 is 5.97 Å². The second-order valence-corrected chi connectivity index (χ2v) is 3.19. The maximum absolute atomic E-state index is 10.6. The molecule has 1 aliphatic heterocycles. The molecule has 3 N–H and O–H groups in total. The van der Waals surface area contributed by atoms with Crippen molar-refractivity contribution in [3.63, 3.8) is 0 Å². The third-order valence-corrected chi connectivity index (χ3v) is 2.02. The summed E-state index contributed by atoms with van der Waals surface area (Å²) in [5, 5.41) is 27.5. The average molecular weight is 206 g/mol. The van der Waals surface area contributed by atoms with Crippen molar-refractivity contribution < 1.29 is 29.6 Å². The second-order valence-electron chi connectivity index (χ2n) is 3.19. The summed E-state index contributed by atoms with van der Waals surface area (Å²) in [7, 11) is 0. The van der Waals surface area contributed by atoms with Gasteiger partial charge in [-0.15, -0.1) is 0 Å². The highest BCUT2D eigenvalue weighted by Crippen LogP contribution is 2.21. The topological polar surface area (TPSA) is 96.2 Å². The van der Waals surface area contributed by atoms with Gasteiger partial charge in [0.1, 0.15) is 18.3 Å². The van der Waals surface area contributed by atoms with Gasteiger partial charge in [-0.05, 0) is 0 Å². The van der Waals surface area contributed by atoms with Crippen LogP contribution in [0.3, 0.4) is 0 Å². The standard InChI is InChI=1S/C8H14O6/c1-4(10)13-5-2-7(11)14-6(3-9)8(5)12/h5-9,11-12H,2-3H2,1H3/t5-,6-,7?,8-/m1/s1. The fraction of sp³-hybridized carbons (Fsp3) is 0.875. The molecular formula is C8H14O6. The predicted octanol–water partition coefficient (Wildman–Crippen LogP) is -1.62. The average Bonchev–Trinajstić information content (AvgIpc) is 2.09. The van der Waals surface area contributed by atoms with Gasteiger partial charge in [0.2, 0.25) is 0 Å². The Morgan fingerprint density at radius 2 is 2.21 bits per heavy atom. The maximum atomic E-state index is 10.6. The van der Waals surface area contributed by atoms with Crippen LogP contribution in [-0.2, 0) is 14.3 Å². The van der Waals surface area contributed by atoms with Gasteiger partial charge in [-0.25, -0.2) is 0 Å². The molecule has 1 rings (SSSR count). The quantitative estimate of drug-likeness (QED) is 0.470. The monoisotopic (exact) mass is 206 g/mol. The molecule has 0 amide bonds. The largest absolute Gasteiger partial charge is 0.459 e. The molecule has 4 atom stereocenters. The van der Waals surface area contributed by atoms with E-state index >= 15 is 0 Å². The molecule has 0 radical (unpaired) electrons. The first kappa shape index (κ1) is 11.4. The molecule has 1 saturated heterocycles. The van der Waals surface area contributed by atoms with Crippen LogP contribution in [0.25, 0.3) is 0 Å². The van der Waals surface area contributed by atoms with E-state index in [0.29, 0.717) is 0 Å². The van der Waals surface area contributed by atoms with Gasteiger partial charge in [0.15, 0.2) is 6.29 Å². The Kier molecular flexibility index (Phi) is 3.82. The summed E-state index contributed by atoms with van der Waals surface area (Å²) >= 11 is 0. The minimum Gasteiger partial charge on any atom is -0.459 e. The smallest absolute Gasteiger partial charge is 0.302 e. The fourth-order valence-electron chi connectivity index (χ4n) is 1.40. The first-order valence-electron chi connectivity index (χ1n) is 4.34. The van der Waals surface area contributed by atoms with Gasteiger partial charge in [0, 0.05) is 13.3 Å². The number of carbonyl (C=O) groups is 1. The summed E-state index contributed by atoms with van der Waals surface area (Å²) in [5.74, 6) is -0.542. The molecule has 6 heteroatoms. The van der Waals surface area contributed by atoms with Crippen molar-refractivity contribution >= 4 is 5.97 Å². The molecule has 1 heterocycles. The number of carbonyl (C=O) groups excluding carboxylic acids is 1. The van der Waals surface area contributed by atoms with Gasteiger partial charge in [0.25, 0.3) is 0 Å². The van der Waals surface area contributed by atoms with Crippen molar-refractivity contribution in [2.45, 2.75) is 37.9 Å². The van der Waals surface area contributed by atoms with Gasteiger partial charge in [-0.3, -0.25) is 4.79 Å². The molecule has 0 aromatic rings. The Bertz CT molecular complexity index is 206. The molecule has 0 aliphatic carbocycles. The lowest BCUT2D eigenvalue weighted by Gasteiger charge is -2.35. The summed E-state index contributed by atoms with van der Waals surface area (Å²) in [6.45, 7) is 0.776. The number of rotatable bonds is 2. The molecule has 82 valence electrons. The second kappa shape index (κ2) is 4.70. The first-order chi connectivity index (χ1) is 6.54. The molecule has 0 spiro atoms. The van der Waals surface area contributed by atoms with Gasteiger partial charge < -0.3 is 24.8 Å². The number of esters is 1. The van der Waals surface area contributed by atoms with Gasteiger partial charge in [-0.2, -0.15) is 0 Å². The van der Waals surface area contributed by atoms with Crippen LogP contribution in [0.2, 0.25) is 0 Å². The van der Waals surface area contributed by atoms with Crippen molar-refractivity contribution in [2.24, 2.45) is 0 Å². The molecule has 0 aromatic carbocycles. The Balaban J connectivity index is 2.59. The van der Waals surface area contributed by atoms with E-state index in [1.807, 2.05) is 0 Å². The lowest BCUT2D eigenvalue weighted by Crippen LogP contribution is -2.51. The normalized spacial score (nSPS) is 38.0. The number of ether oxygens (including phenoxy) is 2. The molecule has 0 bridgehead atoms. The lowest BCUT2D eigenvalue weighted by molar-refractivity contribution is -0.244. The van der Waals surface area contributed by atoms with Crippen molar-refractivity contribution in [2.75, 3.05) is 6.61 Å². The van der Waals surface area contributed by atoms with E-state index in [1.165, 1.54) is 6.92 Å². The van der Waals surface area contributed by atoms with Gasteiger partial charge in [-0.1, -0.05) is 0 Å². The SMILES string of the molecule is CC(=O)O[C@@H]1CC(O)O[C@H](CO)[C@@H]1O. The Hall–Kier alpha value is -0.690. The zero-order valence-corrected chi connectivity index (χ0v) is 7.79. The van der Waals surface area contributed by atoms with Gasteiger partial charge in [0.05, 0.1) is 6.61 Å². The van der Waals surface area contributed by atoms with E-state index < -0.39 is 37.2 Å². The minimum absolute atomic E-state index is 0.0112. The lowest BCUT2D eigenvalue weighted by atomic mass is 10.0. The van der Waals surface area contributed by atoms with E-state index in [4.69, 9.17) is 14.6 Å². The van der Waals surface area contributed by atoms with E-state index in [9.17, 15) is 15.0 Å². The molecule has 0 saturated carbocycles. The van der Waals surface area contributed by atoms with Crippen LogP contribution in [0.4, 0.5) is 0 Å². The molecule has 1 fully saturated rings. The Labute approximate surface area is 81.1 Å². The maximum Gasteiger partial charge on any atom is 0.302 e. The molecule has 1 aliphatic rings. The summed E-state index contributed by atoms with van der Waals surface area (Å²) in [6, 6.07) is 0. The molecular weight excluding hydrogens is 192 g/mol. The van der Waals surface area contributed by atoms with Crippen molar-refractivity contribution in [3.8, 4) is 0 Å². The molecule has 1 unspecified atom stereocenters. The highest BCUT2D eigenvalue weighted by atomic mass is 16.6. The van der Waals surface area contributed by atoms with Crippen LogP contribution in [0.1, 0.15) is 13.3 Å². The van der Waals surface area contributed by atoms with Crippen molar-refractivity contribution in [3.05, 3.63) is 0 Å². The molecule has 0 aromatic heterocycles. The minimum atomic E-state index is -1.13. The number of hydrogen-bond donors (Lipinski definition) is 3. The number of aliphatic hydroxyl groups is 3. The van der Waals surface area contributed by atoms with Crippen molar-refractivity contribution in [1.82, 2.24) is 0 Å². The van der Waals surface area contributed by atoms with Crippen LogP contribution in [0.15, 0.2) is 0 Å². The Morgan fingerprint density at radius 3 is 2.71 bits per heavy atom. The van der Waals surface area contributed by atoms with E-state index in [-0.39, 0.29) is 6.42 Å². The van der Waals surface area contributed by atoms with Crippen LogP contribution < -0.4 is 0 Å². The summed E-state index contributed by atoms with van der Waals surface area (Å²) in [5.41, 5.74) is 0. The highest BCUT2D eigenvalue weighted by Gasteiger charge is 2.38. The summed E-state index contributed by atoms with van der Waals surface area (Å²) in [6.07, 6.45) is -3.96. The molecule has 14 heavy (non-hydrogen) atoms. The summed E-state index contributed by atoms with van der Waals surface area (Å²) < 4.78 is 9.59. The van der Waals surface area contributed by atoms with Crippen LogP contribution in [-0.4, -0.2) is 52.5 Å². The van der Waals surface area contributed by atoms with E-state index in [0.717, 1.165) is 0 Å². The third-order valence-electron chi connectivity index (χ3n) is 2.02. The van der Waals surface area contributed by atoms with Crippen LogP contribution in [0, 0.1) is 0 Å².